The number of likely N-dealkylation sites (tertiary alicyclic amines) is 1. The number of benzene rings is 1. The van der Waals surface area contributed by atoms with Gasteiger partial charge in [-0.2, -0.15) is 13.2 Å². The number of anilines is 1. The molecule has 1 saturated heterocycles. The van der Waals surface area contributed by atoms with Gasteiger partial charge in [-0.05, 0) is 38.0 Å². The van der Waals surface area contributed by atoms with Crippen LogP contribution >= 0.6 is 0 Å². The average molecular weight is 372 g/mol. The predicted octanol–water partition coefficient (Wildman–Crippen LogP) is 2.99. The lowest BCUT2D eigenvalue weighted by atomic mass is 9.92. The molecule has 1 heterocycles. The molecule has 6 nitrogen and oxygen atoms in total. The molecule has 2 atom stereocenters. The molecule has 0 radical (unpaired) electrons. The number of rotatable bonds is 3. The molecule has 1 aliphatic rings. The summed E-state index contributed by atoms with van der Waals surface area (Å²) in [6.07, 6.45) is -3.85. The first-order valence-corrected chi connectivity index (χ1v) is 8.02. The normalized spacial score (nSPS) is 20.6. The van der Waals surface area contributed by atoms with Crippen molar-refractivity contribution in [2.45, 2.75) is 38.9 Å². The number of amides is 2. The van der Waals surface area contributed by atoms with Gasteiger partial charge in [0.2, 0.25) is 5.91 Å². The standard InChI is InChI=1S/C17H19F3N2O4/c1-9-3-4-11(16(25)26)8-22(9)15(24)12-5-13(17(18,19)20)7-14(6-12)21-10(2)23/h5-7,9,11H,3-4,8H2,1-2H3,(H,21,23)(H,25,26). The maximum Gasteiger partial charge on any atom is 0.416 e. The molecular weight excluding hydrogens is 353 g/mol. The van der Waals surface area contributed by atoms with Gasteiger partial charge in [-0.15, -0.1) is 0 Å². The Labute approximate surface area is 148 Å². The van der Waals surface area contributed by atoms with Gasteiger partial charge < -0.3 is 15.3 Å². The Morgan fingerprint density at radius 3 is 2.38 bits per heavy atom. The first kappa shape index (κ1) is 19.7. The lowest BCUT2D eigenvalue weighted by Crippen LogP contribution is -2.47. The van der Waals surface area contributed by atoms with Gasteiger partial charge in [0.25, 0.3) is 5.91 Å². The van der Waals surface area contributed by atoms with E-state index in [-0.39, 0.29) is 23.8 Å². The average Bonchev–Trinajstić information content (AvgIpc) is 2.52. The third kappa shape index (κ3) is 4.53. The number of hydrogen-bond acceptors (Lipinski definition) is 3. The van der Waals surface area contributed by atoms with Crippen LogP contribution in [0.2, 0.25) is 0 Å². The highest BCUT2D eigenvalue weighted by Crippen LogP contribution is 2.33. The smallest absolute Gasteiger partial charge is 0.416 e. The minimum atomic E-state index is -4.69. The van der Waals surface area contributed by atoms with E-state index in [9.17, 15) is 27.6 Å². The molecule has 1 aromatic rings. The number of halogens is 3. The maximum absolute atomic E-state index is 13.1. The summed E-state index contributed by atoms with van der Waals surface area (Å²) in [6.45, 7) is 2.80. The quantitative estimate of drug-likeness (QED) is 0.854. The molecule has 0 saturated carbocycles. The fourth-order valence-electron chi connectivity index (χ4n) is 2.95. The molecule has 142 valence electrons. The third-order valence-corrected chi connectivity index (χ3v) is 4.32. The Morgan fingerprint density at radius 2 is 1.85 bits per heavy atom. The van der Waals surface area contributed by atoms with Crippen LogP contribution in [0.4, 0.5) is 18.9 Å². The Kier molecular flexibility index (Phi) is 5.58. The number of alkyl halides is 3. The number of hydrogen-bond donors (Lipinski definition) is 2. The molecule has 1 fully saturated rings. The van der Waals surface area contributed by atoms with E-state index in [1.165, 1.54) is 4.90 Å². The molecule has 2 amide bonds. The zero-order valence-corrected chi connectivity index (χ0v) is 14.3. The highest BCUT2D eigenvalue weighted by atomic mass is 19.4. The van der Waals surface area contributed by atoms with Crippen molar-refractivity contribution in [2.75, 3.05) is 11.9 Å². The second-order valence-corrected chi connectivity index (χ2v) is 6.40. The summed E-state index contributed by atoms with van der Waals surface area (Å²) in [5.41, 5.74) is -1.46. The van der Waals surface area contributed by atoms with Gasteiger partial charge >= 0.3 is 12.1 Å². The number of piperidine rings is 1. The SMILES string of the molecule is CC(=O)Nc1cc(C(=O)N2CC(C(=O)O)CCC2C)cc(C(F)(F)F)c1. The summed E-state index contributed by atoms with van der Waals surface area (Å²) < 4.78 is 39.4. The van der Waals surface area contributed by atoms with Crippen molar-refractivity contribution in [1.29, 1.82) is 0 Å². The van der Waals surface area contributed by atoms with Crippen molar-refractivity contribution in [1.82, 2.24) is 4.90 Å². The van der Waals surface area contributed by atoms with E-state index in [0.717, 1.165) is 19.1 Å². The predicted molar refractivity (Wildman–Crippen MR) is 86.6 cm³/mol. The van der Waals surface area contributed by atoms with E-state index in [1.807, 2.05) is 0 Å². The highest BCUT2D eigenvalue weighted by molar-refractivity contribution is 5.97. The van der Waals surface area contributed by atoms with Crippen molar-refractivity contribution in [3.63, 3.8) is 0 Å². The van der Waals surface area contributed by atoms with Crippen LogP contribution in [0.5, 0.6) is 0 Å². The van der Waals surface area contributed by atoms with Gasteiger partial charge in [0.15, 0.2) is 0 Å². The fourth-order valence-corrected chi connectivity index (χ4v) is 2.95. The number of carbonyl (C=O) groups is 3. The number of carbonyl (C=O) groups excluding carboxylic acids is 2. The van der Waals surface area contributed by atoms with Crippen molar-refractivity contribution < 1.29 is 32.7 Å². The monoisotopic (exact) mass is 372 g/mol. The summed E-state index contributed by atoms with van der Waals surface area (Å²) in [4.78, 5) is 36.4. The third-order valence-electron chi connectivity index (χ3n) is 4.32. The van der Waals surface area contributed by atoms with E-state index in [1.54, 1.807) is 6.92 Å². The molecule has 0 bridgehead atoms. The summed E-state index contributed by atoms with van der Waals surface area (Å²) in [7, 11) is 0. The fraction of sp³-hybridized carbons (Fsp3) is 0.471. The molecule has 2 unspecified atom stereocenters. The molecule has 26 heavy (non-hydrogen) atoms. The Bertz CT molecular complexity index is 733. The van der Waals surface area contributed by atoms with Gasteiger partial charge in [-0.1, -0.05) is 0 Å². The molecule has 9 heteroatoms. The molecule has 0 spiro atoms. The van der Waals surface area contributed by atoms with Gasteiger partial charge in [0.1, 0.15) is 0 Å². The molecule has 2 rings (SSSR count). The lowest BCUT2D eigenvalue weighted by Gasteiger charge is -2.36. The number of aliphatic carboxylic acids is 1. The second kappa shape index (κ2) is 7.35. The van der Waals surface area contributed by atoms with Crippen LogP contribution in [0, 0.1) is 5.92 Å². The first-order valence-electron chi connectivity index (χ1n) is 8.02. The number of nitrogens with one attached hydrogen (secondary N) is 1. The van der Waals surface area contributed by atoms with E-state index in [0.29, 0.717) is 18.9 Å². The van der Waals surface area contributed by atoms with Crippen molar-refractivity contribution in [3.05, 3.63) is 29.3 Å². The Morgan fingerprint density at radius 1 is 1.19 bits per heavy atom. The minimum Gasteiger partial charge on any atom is -0.481 e. The molecule has 0 aliphatic carbocycles. The molecule has 0 aromatic heterocycles. The second-order valence-electron chi connectivity index (χ2n) is 6.40. The van der Waals surface area contributed by atoms with Crippen molar-refractivity contribution in [2.24, 2.45) is 5.92 Å². The number of carboxylic acid groups (broad SMARTS) is 1. The minimum absolute atomic E-state index is 0.0684. The van der Waals surface area contributed by atoms with Gasteiger partial charge in [-0.3, -0.25) is 14.4 Å². The zero-order valence-electron chi connectivity index (χ0n) is 14.3. The molecule has 1 aromatic carbocycles. The van der Waals surface area contributed by atoms with Crippen LogP contribution in [-0.4, -0.2) is 40.4 Å². The van der Waals surface area contributed by atoms with Crippen LogP contribution in [-0.2, 0) is 15.8 Å². The van der Waals surface area contributed by atoms with E-state index >= 15 is 0 Å². The van der Waals surface area contributed by atoms with Gasteiger partial charge in [-0.25, -0.2) is 0 Å². The maximum atomic E-state index is 13.1. The Hall–Kier alpha value is -2.58. The van der Waals surface area contributed by atoms with Gasteiger partial charge in [0, 0.05) is 30.8 Å². The van der Waals surface area contributed by atoms with Crippen LogP contribution < -0.4 is 5.32 Å². The van der Waals surface area contributed by atoms with Crippen LogP contribution in [0.25, 0.3) is 0 Å². The van der Waals surface area contributed by atoms with Crippen LogP contribution in [0.15, 0.2) is 18.2 Å². The van der Waals surface area contributed by atoms with Crippen LogP contribution in [0.3, 0.4) is 0 Å². The first-order chi connectivity index (χ1) is 12.0. The molecular formula is C17H19F3N2O4. The van der Waals surface area contributed by atoms with Crippen molar-refractivity contribution in [3.8, 4) is 0 Å². The van der Waals surface area contributed by atoms with Gasteiger partial charge in [0.05, 0.1) is 11.5 Å². The zero-order chi connectivity index (χ0) is 19.6. The van der Waals surface area contributed by atoms with E-state index < -0.39 is 35.4 Å². The van der Waals surface area contributed by atoms with Crippen LogP contribution in [0.1, 0.15) is 42.6 Å². The summed E-state index contributed by atoms with van der Waals surface area (Å²) >= 11 is 0. The lowest BCUT2D eigenvalue weighted by molar-refractivity contribution is -0.143. The summed E-state index contributed by atoms with van der Waals surface area (Å²) in [5.74, 6) is -3.06. The number of nitrogens with zero attached hydrogens (tertiary/aromatic N) is 1. The summed E-state index contributed by atoms with van der Waals surface area (Å²) in [5, 5.41) is 11.4. The molecule has 1 aliphatic heterocycles. The largest absolute Gasteiger partial charge is 0.481 e. The summed E-state index contributed by atoms with van der Waals surface area (Å²) in [6, 6.07) is 2.33. The topological polar surface area (TPSA) is 86.7 Å². The van der Waals surface area contributed by atoms with E-state index in [2.05, 4.69) is 5.32 Å². The van der Waals surface area contributed by atoms with E-state index in [4.69, 9.17) is 5.11 Å². The number of carboxylic acids is 1. The molecule has 2 N–H and O–H groups in total. The highest BCUT2D eigenvalue weighted by Gasteiger charge is 2.35. The van der Waals surface area contributed by atoms with Crippen molar-refractivity contribution >= 4 is 23.5 Å². The Balaban J connectivity index is 2.40.